The zero-order valence-electron chi connectivity index (χ0n) is 12.7. The molecule has 0 saturated carbocycles. The number of halogens is 1. The van der Waals surface area contributed by atoms with Crippen molar-refractivity contribution in [3.8, 4) is 0 Å². The molecule has 2 saturated heterocycles. The molecular formula is C15H24BrN5. The number of nitrogens with zero attached hydrogens (tertiary/aromatic N) is 4. The molecule has 1 aromatic rings. The third-order valence-electron chi connectivity index (χ3n) is 4.43. The van der Waals surface area contributed by atoms with Gasteiger partial charge in [-0.3, -0.25) is 4.90 Å². The Hall–Kier alpha value is -0.880. The minimum atomic E-state index is 0.690. The molecule has 2 fully saturated rings. The first-order chi connectivity index (χ1) is 10.3. The third kappa shape index (κ3) is 3.48. The van der Waals surface area contributed by atoms with Crippen LogP contribution in [-0.4, -0.2) is 53.6 Å². The maximum absolute atomic E-state index is 4.66. The second kappa shape index (κ2) is 6.92. The average molecular weight is 354 g/mol. The van der Waals surface area contributed by atoms with Crippen molar-refractivity contribution >= 4 is 27.7 Å². The van der Waals surface area contributed by atoms with Gasteiger partial charge in [0.15, 0.2) is 0 Å². The standard InChI is InChI=1S/C15H24BrN5/c1-2-17-15-18-10-13(16)14(19-15)21-9-6-12(11-21)20-7-4-3-5-8-20/h10,12H,2-9,11H2,1H3,(H,17,18,19). The largest absolute Gasteiger partial charge is 0.354 e. The summed E-state index contributed by atoms with van der Waals surface area (Å²) in [4.78, 5) is 14.0. The summed E-state index contributed by atoms with van der Waals surface area (Å²) in [6, 6.07) is 0.690. The fourth-order valence-electron chi connectivity index (χ4n) is 3.34. The van der Waals surface area contributed by atoms with Crippen LogP contribution in [0.3, 0.4) is 0 Å². The summed E-state index contributed by atoms with van der Waals surface area (Å²) in [6.07, 6.45) is 7.22. The second-order valence-electron chi connectivity index (χ2n) is 5.88. The van der Waals surface area contributed by atoms with E-state index in [2.05, 4.69) is 47.9 Å². The van der Waals surface area contributed by atoms with E-state index in [0.717, 1.165) is 35.9 Å². The van der Waals surface area contributed by atoms with Gasteiger partial charge in [0.1, 0.15) is 5.82 Å². The number of hydrogen-bond donors (Lipinski definition) is 1. The maximum Gasteiger partial charge on any atom is 0.224 e. The van der Waals surface area contributed by atoms with Crippen LogP contribution in [0.15, 0.2) is 10.7 Å². The summed E-state index contributed by atoms with van der Waals surface area (Å²) >= 11 is 3.60. The molecule has 6 heteroatoms. The number of piperidine rings is 1. The Balaban J connectivity index is 1.68. The molecule has 1 atom stereocenters. The minimum absolute atomic E-state index is 0.690. The van der Waals surface area contributed by atoms with Gasteiger partial charge in [0, 0.05) is 31.9 Å². The number of aromatic nitrogens is 2. The minimum Gasteiger partial charge on any atom is -0.354 e. The third-order valence-corrected chi connectivity index (χ3v) is 4.99. The van der Waals surface area contributed by atoms with Crippen LogP contribution in [0.2, 0.25) is 0 Å². The van der Waals surface area contributed by atoms with Crippen molar-refractivity contribution in [1.29, 1.82) is 0 Å². The average Bonchev–Trinajstić information content (AvgIpc) is 3.00. The molecule has 1 N–H and O–H groups in total. The van der Waals surface area contributed by atoms with Crippen molar-refractivity contribution < 1.29 is 0 Å². The molecule has 0 amide bonds. The smallest absolute Gasteiger partial charge is 0.224 e. The second-order valence-corrected chi connectivity index (χ2v) is 6.73. The van der Waals surface area contributed by atoms with Gasteiger partial charge in [-0.15, -0.1) is 0 Å². The fraction of sp³-hybridized carbons (Fsp3) is 0.733. The summed E-state index contributed by atoms with van der Waals surface area (Å²) < 4.78 is 0.989. The molecule has 1 unspecified atom stereocenters. The molecule has 5 nitrogen and oxygen atoms in total. The van der Waals surface area contributed by atoms with Gasteiger partial charge < -0.3 is 10.2 Å². The van der Waals surface area contributed by atoms with E-state index < -0.39 is 0 Å². The van der Waals surface area contributed by atoms with Crippen LogP contribution in [0.1, 0.15) is 32.6 Å². The molecule has 0 aromatic carbocycles. The lowest BCUT2D eigenvalue weighted by Crippen LogP contribution is -2.41. The van der Waals surface area contributed by atoms with E-state index in [9.17, 15) is 0 Å². The molecule has 0 bridgehead atoms. The first kappa shape index (κ1) is 15.0. The van der Waals surface area contributed by atoms with Crippen LogP contribution in [0, 0.1) is 0 Å². The maximum atomic E-state index is 4.66. The topological polar surface area (TPSA) is 44.3 Å². The lowest BCUT2D eigenvalue weighted by atomic mass is 10.1. The van der Waals surface area contributed by atoms with Gasteiger partial charge in [-0.1, -0.05) is 6.42 Å². The van der Waals surface area contributed by atoms with Gasteiger partial charge in [-0.05, 0) is 55.2 Å². The molecule has 0 radical (unpaired) electrons. The Morgan fingerprint density at radius 2 is 2.10 bits per heavy atom. The number of nitrogens with one attached hydrogen (secondary N) is 1. The summed E-state index contributed by atoms with van der Waals surface area (Å²) in [5.41, 5.74) is 0. The first-order valence-corrected chi connectivity index (χ1v) is 8.82. The van der Waals surface area contributed by atoms with Gasteiger partial charge >= 0.3 is 0 Å². The summed E-state index contributed by atoms with van der Waals surface area (Å²) in [5, 5.41) is 3.19. The molecule has 3 heterocycles. The van der Waals surface area contributed by atoms with Crippen LogP contribution in [0.25, 0.3) is 0 Å². The zero-order valence-corrected chi connectivity index (χ0v) is 14.3. The van der Waals surface area contributed by atoms with Crippen molar-refractivity contribution in [2.24, 2.45) is 0 Å². The molecule has 0 spiro atoms. The molecule has 116 valence electrons. The Labute approximate surface area is 135 Å². The van der Waals surface area contributed by atoms with Crippen molar-refractivity contribution in [3.05, 3.63) is 10.7 Å². The molecule has 3 rings (SSSR count). The van der Waals surface area contributed by atoms with Crippen LogP contribution in [-0.2, 0) is 0 Å². The van der Waals surface area contributed by atoms with Gasteiger partial charge in [-0.2, -0.15) is 4.98 Å². The van der Waals surface area contributed by atoms with E-state index in [4.69, 9.17) is 0 Å². The summed E-state index contributed by atoms with van der Waals surface area (Å²) in [7, 11) is 0. The van der Waals surface area contributed by atoms with Gasteiger partial charge in [0.05, 0.1) is 4.47 Å². The molecule has 2 aliphatic rings. The van der Waals surface area contributed by atoms with E-state index in [1.807, 2.05) is 6.20 Å². The van der Waals surface area contributed by atoms with Crippen molar-refractivity contribution in [3.63, 3.8) is 0 Å². The molecular weight excluding hydrogens is 330 g/mol. The number of anilines is 2. The van der Waals surface area contributed by atoms with Crippen LogP contribution < -0.4 is 10.2 Å². The quantitative estimate of drug-likeness (QED) is 0.901. The monoisotopic (exact) mass is 353 g/mol. The first-order valence-electron chi connectivity index (χ1n) is 8.03. The predicted molar refractivity (Wildman–Crippen MR) is 89.9 cm³/mol. The van der Waals surface area contributed by atoms with Crippen LogP contribution >= 0.6 is 15.9 Å². The van der Waals surface area contributed by atoms with Gasteiger partial charge in [0.25, 0.3) is 0 Å². The lowest BCUT2D eigenvalue weighted by molar-refractivity contribution is 0.175. The normalized spacial score (nSPS) is 23.5. The van der Waals surface area contributed by atoms with Crippen LogP contribution in [0.5, 0.6) is 0 Å². The Morgan fingerprint density at radius 1 is 1.29 bits per heavy atom. The molecule has 0 aliphatic carbocycles. The molecule has 21 heavy (non-hydrogen) atoms. The number of hydrogen-bond acceptors (Lipinski definition) is 5. The van der Waals surface area contributed by atoms with Crippen LogP contribution in [0.4, 0.5) is 11.8 Å². The fourth-order valence-corrected chi connectivity index (χ4v) is 3.78. The van der Waals surface area contributed by atoms with Crippen molar-refractivity contribution in [2.45, 2.75) is 38.6 Å². The van der Waals surface area contributed by atoms with Crippen molar-refractivity contribution in [2.75, 3.05) is 42.9 Å². The van der Waals surface area contributed by atoms with E-state index in [1.165, 1.54) is 38.8 Å². The van der Waals surface area contributed by atoms with Gasteiger partial charge in [-0.25, -0.2) is 4.98 Å². The number of rotatable bonds is 4. The van der Waals surface area contributed by atoms with Gasteiger partial charge in [0.2, 0.25) is 5.95 Å². The van der Waals surface area contributed by atoms with E-state index in [1.54, 1.807) is 0 Å². The summed E-state index contributed by atoms with van der Waals surface area (Å²) in [6.45, 7) is 7.62. The van der Waals surface area contributed by atoms with E-state index in [-0.39, 0.29) is 0 Å². The number of likely N-dealkylation sites (tertiary alicyclic amines) is 1. The Morgan fingerprint density at radius 3 is 2.86 bits per heavy atom. The highest BCUT2D eigenvalue weighted by atomic mass is 79.9. The lowest BCUT2D eigenvalue weighted by Gasteiger charge is -2.32. The Bertz CT molecular complexity index is 475. The summed E-state index contributed by atoms with van der Waals surface area (Å²) in [5.74, 6) is 1.75. The molecule has 1 aromatic heterocycles. The Kier molecular flexibility index (Phi) is 4.95. The predicted octanol–water partition coefficient (Wildman–Crippen LogP) is 2.74. The SMILES string of the molecule is CCNc1ncc(Br)c(N2CCC(N3CCCCC3)C2)n1. The van der Waals surface area contributed by atoms with Crippen molar-refractivity contribution in [1.82, 2.24) is 14.9 Å². The van der Waals surface area contributed by atoms with E-state index in [0.29, 0.717) is 6.04 Å². The highest BCUT2D eigenvalue weighted by molar-refractivity contribution is 9.10. The van der Waals surface area contributed by atoms with E-state index >= 15 is 0 Å². The zero-order chi connectivity index (χ0) is 14.7. The molecule has 2 aliphatic heterocycles. The highest BCUT2D eigenvalue weighted by Gasteiger charge is 2.30. The highest BCUT2D eigenvalue weighted by Crippen LogP contribution is 2.29.